The second-order valence-electron chi connectivity index (χ2n) is 3.06. The molecule has 0 atom stereocenters. The summed E-state index contributed by atoms with van der Waals surface area (Å²) in [6.07, 6.45) is 0.547. The molecule has 1 aromatic rings. The van der Waals surface area contributed by atoms with Gasteiger partial charge in [0.15, 0.2) is 0 Å². The Morgan fingerprint density at radius 2 is 2.06 bits per heavy atom. The third kappa shape index (κ3) is 3.67. The van der Waals surface area contributed by atoms with E-state index >= 15 is 0 Å². The van der Waals surface area contributed by atoms with Crippen LogP contribution in [-0.2, 0) is 9.53 Å². The zero-order valence-electron chi connectivity index (χ0n) is 9.05. The van der Waals surface area contributed by atoms with E-state index < -0.39 is 16.7 Å². The Morgan fingerprint density at radius 3 is 2.53 bits per heavy atom. The molecule has 0 aliphatic rings. The maximum atomic E-state index is 12.7. The molecule has 0 N–H and O–H groups in total. The van der Waals surface area contributed by atoms with Gasteiger partial charge in [-0.3, -0.25) is 10.1 Å². The van der Waals surface area contributed by atoms with Gasteiger partial charge in [-0.2, -0.15) is 0 Å². The van der Waals surface area contributed by atoms with Gasteiger partial charge in [-0.25, -0.2) is 9.18 Å². The highest BCUT2D eigenvalue weighted by atomic mass is 19.1. The van der Waals surface area contributed by atoms with Gasteiger partial charge in [-0.1, -0.05) is 12.1 Å². The minimum atomic E-state index is -0.809. The van der Waals surface area contributed by atoms with E-state index in [1.54, 1.807) is 6.92 Å². The lowest BCUT2D eigenvalue weighted by molar-refractivity contribution is -0.401. The van der Waals surface area contributed by atoms with Gasteiger partial charge in [0.2, 0.25) is 6.20 Å². The smallest absolute Gasteiger partial charge is 0.345 e. The van der Waals surface area contributed by atoms with Gasteiger partial charge in [0.05, 0.1) is 11.5 Å². The lowest BCUT2D eigenvalue weighted by Gasteiger charge is -2.04. The van der Waals surface area contributed by atoms with E-state index in [-0.39, 0.29) is 17.7 Å². The Morgan fingerprint density at radius 1 is 1.47 bits per heavy atom. The number of carbonyl (C=O) groups is 1. The van der Waals surface area contributed by atoms with Crippen LogP contribution in [0.15, 0.2) is 30.5 Å². The number of carbonyl (C=O) groups excluding carboxylic acids is 1. The van der Waals surface area contributed by atoms with E-state index in [4.69, 9.17) is 0 Å². The standard InChI is InChI=1S/C11H10FNO4/c1-2-17-11(14)10(7-13(15)16)8-3-5-9(12)6-4-8/h3-7H,2H2,1H3/b10-7-. The average molecular weight is 239 g/mol. The first-order valence-electron chi connectivity index (χ1n) is 4.83. The van der Waals surface area contributed by atoms with Crippen molar-refractivity contribution in [3.63, 3.8) is 0 Å². The Labute approximate surface area is 96.7 Å². The highest BCUT2D eigenvalue weighted by Gasteiger charge is 2.17. The van der Waals surface area contributed by atoms with Crippen LogP contribution in [0.4, 0.5) is 4.39 Å². The quantitative estimate of drug-likeness (QED) is 0.349. The number of benzene rings is 1. The predicted molar refractivity (Wildman–Crippen MR) is 58.0 cm³/mol. The van der Waals surface area contributed by atoms with Crippen molar-refractivity contribution >= 4 is 11.5 Å². The summed E-state index contributed by atoms with van der Waals surface area (Å²) in [7, 11) is 0. The molecule has 6 heteroatoms. The first-order valence-corrected chi connectivity index (χ1v) is 4.83. The summed E-state index contributed by atoms with van der Waals surface area (Å²) >= 11 is 0. The van der Waals surface area contributed by atoms with E-state index in [0.29, 0.717) is 6.20 Å². The van der Waals surface area contributed by atoms with Gasteiger partial charge in [-0.05, 0) is 24.6 Å². The Balaban J connectivity index is 3.11. The summed E-state index contributed by atoms with van der Waals surface area (Å²) < 4.78 is 17.4. The Hall–Kier alpha value is -2.24. The van der Waals surface area contributed by atoms with Crippen molar-refractivity contribution in [2.45, 2.75) is 6.92 Å². The van der Waals surface area contributed by atoms with E-state index in [9.17, 15) is 19.3 Å². The minimum absolute atomic E-state index is 0.106. The number of rotatable bonds is 4. The van der Waals surface area contributed by atoms with Gasteiger partial charge in [0, 0.05) is 0 Å². The molecule has 5 nitrogen and oxygen atoms in total. The van der Waals surface area contributed by atoms with E-state index in [1.807, 2.05) is 0 Å². The number of nitro groups is 1. The summed E-state index contributed by atoms with van der Waals surface area (Å²) in [6, 6.07) is 4.79. The van der Waals surface area contributed by atoms with E-state index in [2.05, 4.69) is 4.74 Å². The molecule has 0 saturated carbocycles. The molecule has 1 rings (SSSR count). The van der Waals surface area contributed by atoms with Crippen molar-refractivity contribution in [3.05, 3.63) is 52.0 Å². The van der Waals surface area contributed by atoms with Gasteiger partial charge in [-0.15, -0.1) is 0 Å². The van der Waals surface area contributed by atoms with Crippen LogP contribution in [0.25, 0.3) is 5.57 Å². The second-order valence-corrected chi connectivity index (χ2v) is 3.06. The van der Waals surface area contributed by atoms with Crippen LogP contribution in [0.1, 0.15) is 12.5 Å². The van der Waals surface area contributed by atoms with Gasteiger partial charge in [0.25, 0.3) is 0 Å². The first kappa shape index (κ1) is 12.8. The van der Waals surface area contributed by atoms with Crippen molar-refractivity contribution in [3.8, 4) is 0 Å². The van der Waals surface area contributed by atoms with Crippen LogP contribution >= 0.6 is 0 Å². The summed E-state index contributed by atoms with van der Waals surface area (Å²) in [5.74, 6) is -1.30. The van der Waals surface area contributed by atoms with Crippen molar-refractivity contribution < 1.29 is 18.8 Å². The van der Waals surface area contributed by atoms with Crippen LogP contribution in [0, 0.1) is 15.9 Å². The largest absolute Gasteiger partial charge is 0.462 e. The van der Waals surface area contributed by atoms with Crippen molar-refractivity contribution in [2.75, 3.05) is 6.61 Å². The molecule has 17 heavy (non-hydrogen) atoms. The molecule has 0 radical (unpaired) electrons. The van der Waals surface area contributed by atoms with Crippen LogP contribution in [0.2, 0.25) is 0 Å². The molecule has 0 fully saturated rings. The Kier molecular flexibility index (Phi) is 4.33. The predicted octanol–water partition coefficient (Wildman–Crippen LogP) is 2.01. The molecule has 0 bridgehead atoms. The summed E-state index contributed by atoms with van der Waals surface area (Å²) in [6.45, 7) is 1.70. The maximum absolute atomic E-state index is 12.7. The van der Waals surface area contributed by atoms with Crippen LogP contribution in [0.5, 0.6) is 0 Å². The van der Waals surface area contributed by atoms with Crippen molar-refractivity contribution in [2.24, 2.45) is 0 Å². The maximum Gasteiger partial charge on any atom is 0.345 e. The first-order chi connectivity index (χ1) is 8.04. The van der Waals surface area contributed by atoms with Gasteiger partial charge >= 0.3 is 5.97 Å². The number of hydrogen-bond donors (Lipinski definition) is 0. The molecular formula is C11H10FNO4. The SMILES string of the molecule is CCOC(=O)/C(=C\[N+](=O)[O-])c1ccc(F)cc1. The number of halogens is 1. The molecule has 0 unspecified atom stereocenters. The summed E-state index contributed by atoms with van der Waals surface area (Å²) in [4.78, 5) is 21.1. The summed E-state index contributed by atoms with van der Waals surface area (Å²) in [5.41, 5.74) is 0.0263. The normalized spacial score (nSPS) is 11.1. The molecule has 0 heterocycles. The third-order valence-corrected chi connectivity index (χ3v) is 1.89. The van der Waals surface area contributed by atoms with Crippen LogP contribution in [-0.4, -0.2) is 17.5 Å². The zero-order chi connectivity index (χ0) is 12.8. The molecule has 0 spiro atoms. The molecule has 0 saturated heterocycles. The number of esters is 1. The highest BCUT2D eigenvalue weighted by molar-refractivity contribution is 6.16. The highest BCUT2D eigenvalue weighted by Crippen LogP contribution is 2.16. The fourth-order valence-electron chi connectivity index (χ4n) is 1.19. The fraction of sp³-hybridized carbons (Fsp3) is 0.182. The number of hydrogen-bond acceptors (Lipinski definition) is 4. The van der Waals surface area contributed by atoms with E-state index in [0.717, 1.165) is 12.1 Å². The van der Waals surface area contributed by atoms with Crippen molar-refractivity contribution in [1.29, 1.82) is 0 Å². The lowest BCUT2D eigenvalue weighted by Crippen LogP contribution is -2.08. The number of ether oxygens (including phenoxy) is 1. The molecular weight excluding hydrogens is 229 g/mol. The molecule has 1 aromatic carbocycles. The van der Waals surface area contributed by atoms with Gasteiger partial charge in [0.1, 0.15) is 11.4 Å². The average Bonchev–Trinajstić information content (AvgIpc) is 2.27. The minimum Gasteiger partial charge on any atom is -0.462 e. The van der Waals surface area contributed by atoms with Crippen molar-refractivity contribution in [1.82, 2.24) is 0 Å². The van der Waals surface area contributed by atoms with Gasteiger partial charge < -0.3 is 4.74 Å². The molecule has 0 aliphatic heterocycles. The second kappa shape index (κ2) is 5.74. The number of nitrogens with zero attached hydrogens (tertiary/aromatic N) is 1. The topological polar surface area (TPSA) is 69.4 Å². The fourth-order valence-corrected chi connectivity index (χ4v) is 1.19. The molecule has 0 amide bonds. The van der Waals surface area contributed by atoms with E-state index in [1.165, 1.54) is 12.1 Å². The monoisotopic (exact) mass is 239 g/mol. The molecule has 0 aliphatic carbocycles. The Bertz CT molecular complexity index is 453. The van der Waals surface area contributed by atoms with Crippen LogP contribution in [0.3, 0.4) is 0 Å². The zero-order valence-corrected chi connectivity index (χ0v) is 9.05. The third-order valence-electron chi connectivity index (χ3n) is 1.89. The molecule has 90 valence electrons. The van der Waals surface area contributed by atoms with Crippen LogP contribution < -0.4 is 0 Å². The lowest BCUT2D eigenvalue weighted by atomic mass is 10.1. The molecule has 0 aromatic heterocycles. The summed E-state index contributed by atoms with van der Waals surface area (Å²) in [5, 5.41) is 10.4.